The predicted octanol–water partition coefficient (Wildman–Crippen LogP) is 2.05. The molecule has 0 N–H and O–H groups in total. The van der Waals surface area contributed by atoms with Crippen molar-refractivity contribution in [2.24, 2.45) is 5.11 Å². The Kier molecular flexibility index (Phi) is 3.52. The second-order valence-electron chi connectivity index (χ2n) is 2.43. The molecule has 0 aromatic carbocycles. The van der Waals surface area contributed by atoms with Gasteiger partial charge in [0.05, 0.1) is 7.11 Å². The highest BCUT2D eigenvalue weighted by molar-refractivity contribution is 5.88. The summed E-state index contributed by atoms with van der Waals surface area (Å²) in [6.07, 6.45) is 8.67. The molecule has 0 unspecified atom stereocenters. The molecule has 1 aliphatic carbocycles. The molecule has 1 aliphatic rings. The molecule has 0 spiro atoms. The Morgan fingerprint density at radius 3 is 3.00 bits per heavy atom. The molecular formula is C9H8N3O2. The first-order valence-electron chi connectivity index (χ1n) is 3.84. The van der Waals surface area contributed by atoms with E-state index in [1.807, 2.05) is 12.5 Å². The Balaban J connectivity index is 2.91. The number of methoxy groups -OCH3 is 1. The minimum absolute atomic E-state index is 0.0544. The molecule has 5 heteroatoms. The topological polar surface area (TPSA) is 75.1 Å². The molecule has 1 rings (SSSR count). The number of hydrogen-bond acceptors (Lipinski definition) is 3. The van der Waals surface area contributed by atoms with Crippen molar-refractivity contribution in [1.82, 2.24) is 0 Å². The molecule has 0 saturated carbocycles. The molecule has 0 aromatic rings. The van der Waals surface area contributed by atoms with Gasteiger partial charge in [0.15, 0.2) is 0 Å². The highest BCUT2D eigenvalue weighted by Gasteiger charge is 2.07. The standard InChI is InChI=1S/C9H8N3O2/c1-14-9(13)8(11-12-10)6-7-4-2-3-5-7/h2-6H,1H3/b8-6-. The van der Waals surface area contributed by atoms with Crippen LogP contribution in [0.2, 0.25) is 0 Å². The molecule has 71 valence electrons. The lowest BCUT2D eigenvalue weighted by Gasteiger charge is -1.97. The highest BCUT2D eigenvalue weighted by atomic mass is 16.5. The van der Waals surface area contributed by atoms with Gasteiger partial charge in [0.2, 0.25) is 0 Å². The first-order valence-corrected chi connectivity index (χ1v) is 3.84. The van der Waals surface area contributed by atoms with Crippen LogP contribution < -0.4 is 0 Å². The molecule has 0 fully saturated rings. The lowest BCUT2D eigenvalue weighted by atomic mass is 10.2. The van der Waals surface area contributed by atoms with Crippen molar-refractivity contribution in [3.05, 3.63) is 52.4 Å². The summed E-state index contributed by atoms with van der Waals surface area (Å²) in [4.78, 5) is 13.6. The third-order valence-corrected chi connectivity index (χ3v) is 1.54. The molecule has 0 atom stereocenters. The van der Waals surface area contributed by atoms with Crippen LogP contribution in [-0.4, -0.2) is 13.1 Å². The van der Waals surface area contributed by atoms with Gasteiger partial charge in [-0.15, -0.1) is 0 Å². The zero-order chi connectivity index (χ0) is 10.4. The number of carbonyl (C=O) groups is 1. The monoisotopic (exact) mass is 190 g/mol. The second kappa shape index (κ2) is 4.89. The van der Waals surface area contributed by atoms with E-state index >= 15 is 0 Å². The number of nitrogens with zero attached hydrogens (tertiary/aromatic N) is 3. The Bertz CT molecular complexity index is 374. The Morgan fingerprint density at radius 2 is 2.50 bits per heavy atom. The van der Waals surface area contributed by atoms with Crippen LogP contribution in [0.15, 0.2) is 40.7 Å². The summed E-state index contributed by atoms with van der Waals surface area (Å²) in [5.41, 5.74) is 8.95. The maximum atomic E-state index is 11.1. The van der Waals surface area contributed by atoms with Crippen molar-refractivity contribution in [2.45, 2.75) is 0 Å². The normalized spacial score (nSPS) is 14.6. The Morgan fingerprint density at radius 1 is 1.71 bits per heavy atom. The molecule has 0 bridgehead atoms. The van der Waals surface area contributed by atoms with Crippen LogP contribution in [0.1, 0.15) is 0 Å². The fourth-order valence-corrected chi connectivity index (χ4v) is 0.924. The van der Waals surface area contributed by atoms with Gasteiger partial charge in [-0.1, -0.05) is 23.3 Å². The van der Waals surface area contributed by atoms with E-state index in [0.717, 1.165) is 5.57 Å². The number of carbonyl (C=O) groups excluding carboxylic acids is 1. The zero-order valence-corrected chi connectivity index (χ0v) is 7.54. The average Bonchev–Trinajstić information content (AvgIpc) is 2.68. The van der Waals surface area contributed by atoms with Crippen molar-refractivity contribution in [2.75, 3.05) is 7.11 Å². The van der Waals surface area contributed by atoms with Crippen LogP contribution in [0.5, 0.6) is 0 Å². The molecule has 0 aromatic heterocycles. The molecule has 1 radical (unpaired) electrons. The molecule has 0 aliphatic heterocycles. The molecule has 0 heterocycles. The fraction of sp³-hybridized carbons (Fsp3) is 0.111. The molecule has 0 saturated heterocycles. The summed E-state index contributed by atoms with van der Waals surface area (Å²) in [5, 5.41) is 3.24. The van der Waals surface area contributed by atoms with E-state index in [-0.39, 0.29) is 5.70 Å². The van der Waals surface area contributed by atoms with Gasteiger partial charge in [-0.05, 0) is 17.2 Å². The van der Waals surface area contributed by atoms with E-state index in [1.54, 1.807) is 12.2 Å². The Labute approximate surface area is 81.0 Å². The maximum Gasteiger partial charge on any atom is 0.340 e. The first kappa shape index (κ1) is 10.1. The van der Waals surface area contributed by atoms with Crippen molar-refractivity contribution in [3.63, 3.8) is 0 Å². The van der Waals surface area contributed by atoms with Crippen molar-refractivity contribution in [1.29, 1.82) is 0 Å². The predicted molar refractivity (Wildman–Crippen MR) is 50.8 cm³/mol. The van der Waals surface area contributed by atoms with E-state index < -0.39 is 5.97 Å². The smallest absolute Gasteiger partial charge is 0.340 e. The van der Waals surface area contributed by atoms with Gasteiger partial charge in [-0.3, -0.25) is 0 Å². The molecule has 5 nitrogen and oxygen atoms in total. The van der Waals surface area contributed by atoms with Crippen LogP contribution in [0, 0.1) is 6.42 Å². The summed E-state index contributed by atoms with van der Waals surface area (Å²) in [7, 11) is 1.23. The molecule has 14 heavy (non-hydrogen) atoms. The van der Waals surface area contributed by atoms with Gasteiger partial charge in [0.25, 0.3) is 0 Å². The largest absolute Gasteiger partial charge is 0.466 e. The Hall–Kier alpha value is -2.00. The number of esters is 1. The first-order chi connectivity index (χ1) is 6.77. The van der Waals surface area contributed by atoms with E-state index in [9.17, 15) is 4.79 Å². The maximum absolute atomic E-state index is 11.1. The van der Waals surface area contributed by atoms with Crippen LogP contribution in [0.3, 0.4) is 0 Å². The summed E-state index contributed by atoms with van der Waals surface area (Å²) in [6, 6.07) is 0. The zero-order valence-electron chi connectivity index (χ0n) is 7.54. The van der Waals surface area contributed by atoms with Gasteiger partial charge in [0.1, 0.15) is 5.70 Å². The molecular weight excluding hydrogens is 182 g/mol. The third kappa shape index (κ3) is 2.50. The molecule has 0 amide bonds. The summed E-state index contributed by atoms with van der Waals surface area (Å²) in [5.74, 6) is -0.649. The number of rotatable bonds is 3. The van der Waals surface area contributed by atoms with Crippen LogP contribution in [0.4, 0.5) is 0 Å². The summed E-state index contributed by atoms with van der Waals surface area (Å²) >= 11 is 0. The number of ether oxygens (including phenoxy) is 1. The number of hydrogen-bond donors (Lipinski definition) is 0. The minimum Gasteiger partial charge on any atom is -0.466 e. The number of allylic oxidation sites excluding steroid dienone is 5. The highest BCUT2D eigenvalue weighted by Crippen LogP contribution is 2.13. The third-order valence-electron chi connectivity index (χ3n) is 1.54. The van der Waals surface area contributed by atoms with Crippen molar-refractivity contribution < 1.29 is 9.53 Å². The lowest BCUT2D eigenvalue weighted by molar-refractivity contribution is -0.136. The van der Waals surface area contributed by atoms with Crippen LogP contribution in [-0.2, 0) is 9.53 Å². The van der Waals surface area contributed by atoms with Gasteiger partial charge in [-0.25, -0.2) is 4.79 Å². The lowest BCUT2D eigenvalue weighted by Crippen LogP contribution is -2.02. The second-order valence-corrected chi connectivity index (χ2v) is 2.43. The average molecular weight is 190 g/mol. The van der Waals surface area contributed by atoms with Gasteiger partial charge in [0, 0.05) is 11.3 Å². The van der Waals surface area contributed by atoms with Gasteiger partial charge < -0.3 is 4.74 Å². The SMILES string of the molecule is COC(=O)/C(=C/C1=C[CH]C=C1)N=[N+]=[N-]. The van der Waals surface area contributed by atoms with Crippen LogP contribution >= 0.6 is 0 Å². The minimum atomic E-state index is -0.649. The fourth-order valence-electron chi connectivity index (χ4n) is 0.924. The van der Waals surface area contributed by atoms with E-state index in [0.29, 0.717) is 0 Å². The summed E-state index contributed by atoms with van der Waals surface area (Å²) < 4.78 is 4.44. The van der Waals surface area contributed by atoms with E-state index in [1.165, 1.54) is 13.2 Å². The van der Waals surface area contributed by atoms with Crippen molar-refractivity contribution >= 4 is 5.97 Å². The van der Waals surface area contributed by atoms with E-state index in [2.05, 4.69) is 14.8 Å². The van der Waals surface area contributed by atoms with Crippen LogP contribution in [0.25, 0.3) is 10.4 Å². The van der Waals surface area contributed by atoms with Gasteiger partial charge in [-0.2, -0.15) is 0 Å². The number of azide groups is 1. The van der Waals surface area contributed by atoms with Crippen molar-refractivity contribution in [3.8, 4) is 0 Å². The summed E-state index contributed by atoms with van der Waals surface area (Å²) in [6.45, 7) is 0. The quantitative estimate of drug-likeness (QED) is 0.224. The van der Waals surface area contributed by atoms with Gasteiger partial charge >= 0.3 is 5.97 Å². The van der Waals surface area contributed by atoms with E-state index in [4.69, 9.17) is 5.53 Å².